The van der Waals surface area contributed by atoms with Gasteiger partial charge >= 0.3 is 51.2 Å². The van der Waals surface area contributed by atoms with Crippen LogP contribution in [0.25, 0.3) is 21.0 Å². The quantitative estimate of drug-likeness (QED) is 0.0216. The van der Waals surface area contributed by atoms with Gasteiger partial charge in [0.1, 0.15) is 23.5 Å². The summed E-state index contributed by atoms with van der Waals surface area (Å²) < 4.78 is 18.6. The molecule has 0 bridgehead atoms. The number of unbranched alkanes of at least 4 members (excludes halogenated alkanes) is 27. The first-order valence-electron chi connectivity index (χ1n) is 41.9. The van der Waals surface area contributed by atoms with Gasteiger partial charge in [-0.25, -0.2) is 11.4 Å². The Morgan fingerprint density at radius 2 is 0.704 bits per heavy atom. The number of carbonyl (C=O) groups is 1. The summed E-state index contributed by atoms with van der Waals surface area (Å²) in [7, 11) is 0. The summed E-state index contributed by atoms with van der Waals surface area (Å²) in [6.45, 7) is 26.4. The molecule has 8 rings (SSSR count). The van der Waals surface area contributed by atoms with Crippen LogP contribution >= 0.6 is 0 Å². The molecule has 0 unspecified atom stereocenters. The molecule has 2 aromatic rings. The number of carbonyl (C=O) groups excluding carboxylic acids is 1. The number of benzene rings is 2. The minimum atomic E-state index is 0. The summed E-state index contributed by atoms with van der Waals surface area (Å²) in [5, 5.41) is 19.4. The SMILES string of the molecule is C.C1CCCC1.C1CCCC1.C1CCCC1.O=CC1CCCC1.[C-]#[N+]/C(=C\C1CCCC1)c1cc(OCCCCCCCCCCCC)c(/C(C#N)=C/C2CCCC2)cc1C.[C-]#[N+]Cc1cc(OCCCCCCCCCCCC)c(CC#N)cc1OCCCCCCCCCCCC.[CH3-].[CH3-].[CH3-].[CH3-].[CH3-].[CH3-].[Fe+2].[Fe+2].[Fe+2]. The molecular formula is C97H168Fe3N4O4. The number of nitriles is 2. The van der Waals surface area contributed by atoms with Crippen molar-refractivity contribution in [2.45, 2.75) is 414 Å². The fourth-order valence-electron chi connectivity index (χ4n) is 14.8. The summed E-state index contributed by atoms with van der Waals surface area (Å²) in [6, 6.07) is 12.8. The number of hydrogen-bond acceptors (Lipinski definition) is 6. The maximum Gasteiger partial charge on any atom is 2.00 e. The van der Waals surface area contributed by atoms with Crippen molar-refractivity contribution in [1.82, 2.24) is 0 Å². The molecule has 0 atom stereocenters. The van der Waals surface area contributed by atoms with Gasteiger partial charge in [-0.2, -0.15) is 10.5 Å². The van der Waals surface area contributed by atoms with E-state index in [0.717, 1.165) is 94.7 Å². The van der Waals surface area contributed by atoms with E-state index >= 15 is 0 Å². The molecule has 624 valence electrons. The van der Waals surface area contributed by atoms with Crippen LogP contribution in [0.15, 0.2) is 36.4 Å². The van der Waals surface area contributed by atoms with E-state index in [1.165, 1.54) is 334 Å². The Balaban J connectivity index is -0.000000222. The third-order valence-corrected chi connectivity index (χ3v) is 21.1. The maximum absolute atomic E-state index is 10.1. The molecule has 0 spiro atoms. The van der Waals surface area contributed by atoms with Gasteiger partial charge < -0.3 is 68.4 Å². The van der Waals surface area contributed by atoms with E-state index in [1.807, 2.05) is 12.1 Å². The van der Waals surface area contributed by atoms with Gasteiger partial charge in [0.2, 0.25) is 6.54 Å². The molecular weight excluding hydrogens is 1450 g/mol. The summed E-state index contributed by atoms with van der Waals surface area (Å²) in [5.41, 5.74) is 6.12. The van der Waals surface area contributed by atoms with Gasteiger partial charge in [0, 0.05) is 17.0 Å². The van der Waals surface area contributed by atoms with Crippen molar-refractivity contribution in [2.24, 2.45) is 17.8 Å². The van der Waals surface area contributed by atoms with Crippen molar-refractivity contribution in [3.63, 3.8) is 0 Å². The van der Waals surface area contributed by atoms with Crippen molar-refractivity contribution in [3.05, 3.63) is 132 Å². The number of rotatable bonds is 43. The zero-order valence-corrected chi connectivity index (χ0v) is 74.4. The van der Waals surface area contributed by atoms with Crippen LogP contribution in [0.3, 0.4) is 0 Å². The molecule has 8 nitrogen and oxygen atoms in total. The van der Waals surface area contributed by atoms with Gasteiger partial charge in [-0.05, 0) is 106 Å². The third-order valence-electron chi connectivity index (χ3n) is 21.1. The Morgan fingerprint density at radius 1 is 0.407 bits per heavy atom. The maximum atomic E-state index is 10.1. The van der Waals surface area contributed by atoms with Crippen molar-refractivity contribution in [2.75, 3.05) is 19.8 Å². The van der Waals surface area contributed by atoms with E-state index in [2.05, 4.69) is 73.8 Å². The number of aldehydes is 1. The summed E-state index contributed by atoms with van der Waals surface area (Å²) >= 11 is 0. The predicted octanol–water partition coefficient (Wildman–Crippen LogP) is 32.2. The van der Waals surface area contributed by atoms with E-state index in [9.17, 15) is 15.3 Å². The number of allylic oxidation sites excluding steroid dienone is 3. The predicted molar refractivity (Wildman–Crippen MR) is 464 cm³/mol. The first kappa shape index (κ1) is 120. The molecule has 6 saturated carbocycles. The van der Waals surface area contributed by atoms with Gasteiger partial charge in [0.05, 0.1) is 56.1 Å². The molecule has 0 aromatic heterocycles. The van der Waals surface area contributed by atoms with E-state index < -0.39 is 0 Å². The fraction of sp³-hybridized carbons (Fsp3) is 0.722. The van der Waals surface area contributed by atoms with Crippen LogP contribution in [0, 0.1) is 105 Å². The van der Waals surface area contributed by atoms with Crippen LogP contribution in [0.4, 0.5) is 0 Å². The van der Waals surface area contributed by atoms with Gasteiger partial charge in [-0.3, -0.25) is 0 Å². The number of ether oxygens (including phenoxy) is 3. The topological polar surface area (TPSA) is 101 Å². The molecule has 0 amide bonds. The van der Waals surface area contributed by atoms with Crippen LogP contribution < -0.4 is 14.2 Å². The zero-order valence-electron chi connectivity index (χ0n) is 71.1. The second-order valence-electron chi connectivity index (χ2n) is 29.9. The van der Waals surface area contributed by atoms with Crippen LogP contribution in [0.2, 0.25) is 0 Å². The van der Waals surface area contributed by atoms with E-state index in [1.54, 1.807) is 0 Å². The van der Waals surface area contributed by atoms with E-state index in [-0.39, 0.29) is 110 Å². The zero-order chi connectivity index (χ0) is 70.2. The van der Waals surface area contributed by atoms with Crippen molar-refractivity contribution in [3.8, 4) is 29.4 Å². The first-order chi connectivity index (χ1) is 48.3. The van der Waals surface area contributed by atoms with E-state index in [0.29, 0.717) is 44.0 Å². The molecule has 2 aromatic carbocycles. The van der Waals surface area contributed by atoms with Gasteiger partial charge in [-0.15, -0.1) is 0 Å². The van der Waals surface area contributed by atoms with Crippen LogP contribution in [-0.4, -0.2) is 26.1 Å². The van der Waals surface area contributed by atoms with E-state index in [4.69, 9.17) is 27.4 Å². The Labute approximate surface area is 705 Å². The van der Waals surface area contributed by atoms with Gasteiger partial charge in [0.15, 0.2) is 5.70 Å². The molecule has 0 aliphatic heterocycles. The first-order valence-corrected chi connectivity index (χ1v) is 41.9. The van der Waals surface area contributed by atoms with Gasteiger partial charge in [0.25, 0.3) is 0 Å². The Bertz CT molecular complexity index is 2400. The third kappa shape index (κ3) is 61.1. The van der Waals surface area contributed by atoms with Crippen LogP contribution in [0.1, 0.15) is 422 Å². The van der Waals surface area contributed by atoms with Crippen molar-refractivity contribution in [1.29, 1.82) is 10.5 Å². The summed E-state index contributed by atoms with van der Waals surface area (Å²) in [6.07, 6.45) is 81.6. The Hall–Kier alpha value is -3.49. The van der Waals surface area contributed by atoms with Crippen molar-refractivity contribution < 1.29 is 70.2 Å². The fourth-order valence-corrected chi connectivity index (χ4v) is 14.8. The smallest absolute Gasteiger partial charge is 0.493 e. The number of hydrogen-bond donors (Lipinski definition) is 0. The second-order valence-corrected chi connectivity index (χ2v) is 29.9. The van der Waals surface area contributed by atoms with Crippen LogP contribution in [-0.2, 0) is 69.0 Å². The molecule has 0 saturated heterocycles. The molecule has 6 aliphatic carbocycles. The Kier molecular flexibility index (Phi) is 97.4. The molecule has 6 fully saturated rings. The normalized spacial score (nSPS) is 14.6. The molecule has 0 radical (unpaired) electrons. The monoisotopic (exact) mass is 1620 g/mol. The summed E-state index contributed by atoms with van der Waals surface area (Å²) in [5.74, 6) is 3.67. The largest absolute Gasteiger partial charge is 2.00 e. The minimum absolute atomic E-state index is 0. The molecule has 108 heavy (non-hydrogen) atoms. The molecule has 0 N–H and O–H groups in total. The average molecular weight is 1620 g/mol. The number of nitrogens with zero attached hydrogens (tertiary/aromatic N) is 4. The average Bonchev–Trinajstić information content (AvgIpc) is 1.22. The second kappa shape index (κ2) is 87.5. The van der Waals surface area contributed by atoms with Crippen LogP contribution in [0.5, 0.6) is 17.2 Å². The standard InChI is InChI=1S/C35H50N2O.C34H56N2O2.C6H10O.3C5H10.CH4.6CH3.3Fe/c1-4-5-6-7-8-9-10-11-12-17-22-38-35-26-32(34(37-3)25-30-20-15-16-21-30)28(2)23-33(35)31(27-36)24-29-18-13-14-19-29;1-4-6-8-10-12-14-16-18-20-22-26-37-33-29-32(30-36-3)34(28-31(33)24-25-35)38-27-23-21-19-17-15-13-11-9-7-5-2;7-5-6-3-1-2-4-6;3*1-2-4-5-3-1;;;;;;;;;;/h23-26,29-30H,4-22H2,1-2H3;28-29H,4-24,26-27,30H2,1-2H3;5-6H,1-4H2;3*1-5H2;1H4;6*1H3;;;/q;;;;;;;6*-1;3*+2/b31-24+,34-25-;;;;;;;;;;;;;;;. The molecule has 11 heteroatoms. The number of aryl methyl sites for hydroxylation is 1. The Morgan fingerprint density at radius 3 is 1.00 bits per heavy atom. The molecule has 0 heterocycles. The minimum Gasteiger partial charge on any atom is -0.493 e. The summed E-state index contributed by atoms with van der Waals surface area (Å²) in [4.78, 5) is 17.5. The van der Waals surface area contributed by atoms with Gasteiger partial charge in [-0.1, -0.05) is 354 Å². The van der Waals surface area contributed by atoms with Crippen molar-refractivity contribution >= 4 is 17.6 Å². The molecule has 6 aliphatic rings.